The molecule has 0 aliphatic carbocycles. The van der Waals surface area contributed by atoms with Gasteiger partial charge in [-0.1, -0.05) is 0 Å². The van der Waals surface area contributed by atoms with Crippen LogP contribution in [0.3, 0.4) is 0 Å². The van der Waals surface area contributed by atoms with E-state index in [1.54, 1.807) is 12.3 Å². The normalized spacial score (nSPS) is 20.7. The zero-order valence-corrected chi connectivity index (χ0v) is 9.29. The average Bonchev–Trinajstić information content (AvgIpc) is 2.33. The van der Waals surface area contributed by atoms with Crippen molar-refractivity contribution < 1.29 is 9.13 Å². The lowest BCUT2D eigenvalue weighted by Gasteiger charge is -2.22. The maximum Gasteiger partial charge on any atom is 0.250 e. The van der Waals surface area contributed by atoms with Crippen molar-refractivity contribution >= 4 is 0 Å². The number of hydrogen-bond acceptors (Lipinski definition) is 3. The van der Waals surface area contributed by atoms with E-state index in [2.05, 4.69) is 10.3 Å². The summed E-state index contributed by atoms with van der Waals surface area (Å²) in [5.74, 6) is 0.385. The molecule has 3 nitrogen and oxygen atoms in total. The van der Waals surface area contributed by atoms with Crippen LogP contribution in [0.15, 0.2) is 18.3 Å². The van der Waals surface area contributed by atoms with Crippen molar-refractivity contribution in [1.29, 1.82) is 0 Å². The molecule has 16 heavy (non-hydrogen) atoms. The molecule has 0 aromatic carbocycles. The number of nitrogens with one attached hydrogen (secondary N) is 1. The van der Waals surface area contributed by atoms with Crippen LogP contribution in [0.5, 0.6) is 5.88 Å². The number of halogens is 1. The first-order valence-electron chi connectivity index (χ1n) is 5.80. The molecule has 0 radical (unpaired) electrons. The summed E-state index contributed by atoms with van der Waals surface area (Å²) in [6.07, 6.45) is 4.97. The number of pyridine rings is 1. The third-order valence-corrected chi connectivity index (χ3v) is 2.89. The number of ether oxygens (including phenoxy) is 1. The first-order valence-corrected chi connectivity index (χ1v) is 5.80. The van der Waals surface area contributed by atoms with E-state index in [9.17, 15) is 4.39 Å². The van der Waals surface area contributed by atoms with E-state index in [0.29, 0.717) is 12.5 Å². The molecule has 0 bridgehead atoms. The Morgan fingerprint density at radius 1 is 1.56 bits per heavy atom. The van der Waals surface area contributed by atoms with Crippen LogP contribution in [-0.2, 0) is 0 Å². The van der Waals surface area contributed by atoms with Gasteiger partial charge in [0.25, 0.3) is 0 Å². The first-order chi connectivity index (χ1) is 7.86. The van der Waals surface area contributed by atoms with Gasteiger partial charge in [0.1, 0.15) is 0 Å². The van der Waals surface area contributed by atoms with Crippen LogP contribution >= 0.6 is 0 Å². The third-order valence-electron chi connectivity index (χ3n) is 2.89. The molecular formula is C12H17FN2O. The van der Waals surface area contributed by atoms with Crippen molar-refractivity contribution in [3.05, 3.63) is 24.1 Å². The highest BCUT2D eigenvalue weighted by Crippen LogP contribution is 2.16. The Kier molecular flexibility index (Phi) is 4.10. The van der Waals surface area contributed by atoms with Gasteiger partial charge in [-0.15, -0.1) is 0 Å². The highest BCUT2D eigenvalue weighted by atomic mass is 19.1. The fourth-order valence-corrected chi connectivity index (χ4v) is 1.97. The molecule has 0 amide bonds. The lowest BCUT2D eigenvalue weighted by Crippen LogP contribution is -2.30. The Morgan fingerprint density at radius 2 is 2.50 bits per heavy atom. The van der Waals surface area contributed by atoms with E-state index < -0.39 is 0 Å². The van der Waals surface area contributed by atoms with Gasteiger partial charge in [-0.05, 0) is 50.4 Å². The smallest absolute Gasteiger partial charge is 0.250 e. The van der Waals surface area contributed by atoms with Gasteiger partial charge >= 0.3 is 0 Å². The molecule has 0 saturated carbocycles. The molecule has 1 saturated heterocycles. The molecule has 2 rings (SSSR count). The summed E-state index contributed by atoms with van der Waals surface area (Å²) in [6.45, 7) is 2.71. The van der Waals surface area contributed by atoms with Gasteiger partial charge in [0.05, 0.1) is 6.61 Å². The largest absolute Gasteiger partial charge is 0.476 e. The fraction of sp³-hybridized carbons (Fsp3) is 0.583. The number of nitrogens with zero attached hydrogens (tertiary/aromatic N) is 1. The highest BCUT2D eigenvalue weighted by Gasteiger charge is 2.13. The number of hydrogen-bond donors (Lipinski definition) is 1. The third kappa shape index (κ3) is 3.17. The van der Waals surface area contributed by atoms with Crippen molar-refractivity contribution in [3.63, 3.8) is 0 Å². The number of piperidine rings is 1. The van der Waals surface area contributed by atoms with Gasteiger partial charge in [0.2, 0.25) is 5.88 Å². The molecule has 1 atom stereocenters. The van der Waals surface area contributed by atoms with Gasteiger partial charge in [-0.2, -0.15) is 0 Å². The summed E-state index contributed by atoms with van der Waals surface area (Å²) in [4.78, 5) is 3.85. The zero-order valence-electron chi connectivity index (χ0n) is 9.29. The van der Waals surface area contributed by atoms with Gasteiger partial charge in [0.15, 0.2) is 5.82 Å². The molecule has 88 valence electrons. The lowest BCUT2D eigenvalue weighted by atomic mass is 9.97. The maximum atomic E-state index is 13.2. The van der Waals surface area contributed by atoms with Gasteiger partial charge in [-0.25, -0.2) is 9.37 Å². The molecule has 1 unspecified atom stereocenters. The van der Waals surface area contributed by atoms with Crippen molar-refractivity contribution in [3.8, 4) is 5.88 Å². The summed E-state index contributed by atoms with van der Waals surface area (Å²) in [5.41, 5.74) is 0. The minimum Gasteiger partial charge on any atom is -0.476 e. The standard InChI is InChI=1S/C12H17FN2O/c13-11-4-2-7-15-12(11)16-8-5-10-3-1-6-14-9-10/h2,4,7,10,14H,1,3,5-6,8-9H2. The summed E-state index contributed by atoms with van der Waals surface area (Å²) >= 11 is 0. The van der Waals surface area contributed by atoms with Crippen LogP contribution in [0.1, 0.15) is 19.3 Å². The van der Waals surface area contributed by atoms with Crippen molar-refractivity contribution in [2.45, 2.75) is 19.3 Å². The van der Waals surface area contributed by atoms with Crippen molar-refractivity contribution in [1.82, 2.24) is 10.3 Å². The minimum atomic E-state index is -0.385. The molecule has 1 aromatic heterocycles. The number of aromatic nitrogens is 1. The van der Waals surface area contributed by atoms with E-state index in [4.69, 9.17) is 4.74 Å². The average molecular weight is 224 g/mol. The SMILES string of the molecule is Fc1cccnc1OCCC1CCCNC1. The second-order valence-corrected chi connectivity index (χ2v) is 4.14. The molecular weight excluding hydrogens is 207 g/mol. The Labute approximate surface area is 95.0 Å². The molecule has 2 heterocycles. The van der Waals surface area contributed by atoms with Crippen LogP contribution in [0, 0.1) is 11.7 Å². The quantitative estimate of drug-likeness (QED) is 0.849. The van der Waals surface area contributed by atoms with E-state index >= 15 is 0 Å². The molecule has 1 aliphatic heterocycles. The summed E-state index contributed by atoms with van der Waals surface area (Å²) < 4.78 is 18.5. The molecule has 1 aliphatic rings. The first kappa shape index (κ1) is 11.3. The minimum absolute atomic E-state index is 0.117. The molecule has 4 heteroatoms. The maximum absolute atomic E-state index is 13.2. The Morgan fingerprint density at radius 3 is 3.25 bits per heavy atom. The Balaban J connectivity index is 1.73. The Hall–Kier alpha value is -1.16. The summed E-state index contributed by atoms with van der Waals surface area (Å²) in [7, 11) is 0. The van der Waals surface area contributed by atoms with Crippen LogP contribution in [0.2, 0.25) is 0 Å². The van der Waals surface area contributed by atoms with Crippen LogP contribution < -0.4 is 10.1 Å². The van der Waals surface area contributed by atoms with Crippen LogP contribution in [0.4, 0.5) is 4.39 Å². The highest BCUT2D eigenvalue weighted by molar-refractivity contribution is 5.12. The molecule has 0 spiro atoms. The van der Waals surface area contributed by atoms with Gasteiger partial charge in [0, 0.05) is 6.20 Å². The lowest BCUT2D eigenvalue weighted by molar-refractivity contribution is 0.238. The molecule has 1 aromatic rings. The second-order valence-electron chi connectivity index (χ2n) is 4.14. The second kappa shape index (κ2) is 5.80. The van der Waals surface area contributed by atoms with E-state index in [1.165, 1.54) is 18.9 Å². The van der Waals surface area contributed by atoms with E-state index in [-0.39, 0.29) is 11.7 Å². The van der Waals surface area contributed by atoms with E-state index in [1.807, 2.05) is 0 Å². The summed E-state index contributed by atoms with van der Waals surface area (Å²) in [5, 5.41) is 3.35. The molecule has 1 N–H and O–H groups in total. The topological polar surface area (TPSA) is 34.1 Å². The summed E-state index contributed by atoms with van der Waals surface area (Å²) in [6, 6.07) is 2.93. The monoisotopic (exact) mass is 224 g/mol. The zero-order chi connectivity index (χ0) is 11.2. The van der Waals surface area contributed by atoms with Crippen molar-refractivity contribution in [2.24, 2.45) is 5.92 Å². The predicted octanol–water partition coefficient (Wildman–Crippen LogP) is 1.99. The van der Waals surface area contributed by atoms with Crippen LogP contribution in [0.25, 0.3) is 0 Å². The molecule has 1 fully saturated rings. The fourth-order valence-electron chi connectivity index (χ4n) is 1.97. The number of rotatable bonds is 4. The van der Waals surface area contributed by atoms with Gasteiger partial charge < -0.3 is 10.1 Å². The van der Waals surface area contributed by atoms with Crippen molar-refractivity contribution in [2.75, 3.05) is 19.7 Å². The van der Waals surface area contributed by atoms with Crippen LogP contribution in [-0.4, -0.2) is 24.7 Å². The predicted molar refractivity (Wildman–Crippen MR) is 59.9 cm³/mol. The Bertz CT molecular complexity index is 327. The van der Waals surface area contributed by atoms with Gasteiger partial charge in [-0.3, -0.25) is 0 Å². The van der Waals surface area contributed by atoms with E-state index in [0.717, 1.165) is 19.5 Å².